The molecule has 3 aromatic rings. The Morgan fingerprint density at radius 2 is 1.77 bits per heavy atom. The summed E-state index contributed by atoms with van der Waals surface area (Å²) < 4.78 is 5.64. The normalized spacial score (nSPS) is 21.0. The molecule has 2 aliphatic rings. The second kappa shape index (κ2) is 7.95. The first-order chi connectivity index (χ1) is 15.2. The molecule has 156 valence electrons. The highest BCUT2D eigenvalue weighted by Crippen LogP contribution is 2.51. The summed E-state index contributed by atoms with van der Waals surface area (Å²) in [5.74, 6) is 1.58. The van der Waals surface area contributed by atoms with E-state index in [2.05, 4.69) is 35.7 Å². The predicted octanol–water partition coefficient (Wildman–Crippen LogP) is 5.80. The monoisotopic (exact) mass is 410 g/mol. The number of ether oxygens (including phenoxy) is 1. The molecule has 31 heavy (non-hydrogen) atoms. The topological polar surface area (TPSA) is 41.6 Å². The number of anilines is 2. The van der Waals surface area contributed by atoms with E-state index < -0.39 is 0 Å². The zero-order valence-electron chi connectivity index (χ0n) is 17.8. The van der Waals surface area contributed by atoms with E-state index in [9.17, 15) is 4.79 Å². The fourth-order valence-electron chi connectivity index (χ4n) is 4.92. The summed E-state index contributed by atoms with van der Waals surface area (Å²) in [6.45, 7) is 0. The summed E-state index contributed by atoms with van der Waals surface area (Å²) in [6, 6.07) is 24.2. The highest BCUT2D eigenvalue weighted by Gasteiger charge is 2.39. The molecule has 0 spiro atoms. The molecule has 3 unspecified atom stereocenters. The number of nitrogens with zero attached hydrogens (tertiary/aromatic N) is 1. The van der Waals surface area contributed by atoms with Gasteiger partial charge < -0.3 is 15.0 Å². The third kappa shape index (κ3) is 3.38. The molecular formula is C27H26N2O2. The number of nitrogens with one attached hydrogen (secondary N) is 1. The van der Waals surface area contributed by atoms with Crippen LogP contribution in [0.25, 0.3) is 0 Å². The van der Waals surface area contributed by atoms with Crippen molar-refractivity contribution >= 4 is 17.3 Å². The Labute approximate surface area is 183 Å². The van der Waals surface area contributed by atoms with E-state index >= 15 is 0 Å². The second-order valence-corrected chi connectivity index (χ2v) is 8.22. The van der Waals surface area contributed by atoms with Gasteiger partial charge in [-0.15, -0.1) is 0 Å². The van der Waals surface area contributed by atoms with Crippen molar-refractivity contribution in [3.8, 4) is 5.75 Å². The Hall–Kier alpha value is -3.53. The van der Waals surface area contributed by atoms with Gasteiger partial charge in [-0.3, -0.25) is 4.79 Å². The highest BCUT2D eigenvalue weighted by molar-refractivity contribution is 6.06. The summed E-state index contributed by atoms with van der Waals surface area (Å²) >= 11 is 0. The molecule has 3 atom stereocenters. The molecule has 0 fully saturated rings. The van der Waals surface area contributed by atoms with Gasteiger partial charge >= 0.3 is 0 Å². The van der Waals surface area contributed by atoms with Gasteiger partial charge in [0.15, 0.2) is 0 Å². The summed E-state index contributed by atoms with van der Waals surface area (Å²) in [4.78, 5) is 14.9. The molecule has 0 bridgehead atoms. The van der Waals surface area contributed by atoms with Crippen LogP contribution >= 0.6 is 0 Å². The number of amides is 1. The molecule has 1 aliphatic heterocycles. The van der Waals surface area contributed by atoms with Gasteiger partial charge in [-0.05, 0) is 54.3 Å². The van der Waals surface area contributed by atoms with Gasteiger partial charge in [-0.2, -0.15) is 0 Å². The first-order valence-corrected chi connectivity index (χ1v) is 10.7. The van der Waals surface area contributed by atoms with E-state index in [-0.39, 0.29) is 17.9 Å². The number of benzene rings is 3. The van der Waals surface area contributed by atoms with Gasteiger partial charge in [0.2, 0.25) is 0 Å². The first kappa shape index (κ1) is 19.4. The van der Waals surface area contributed by atoms with Crippen LogP contribution in [0.4, 0.5) is 11.4 Å². The molecule has 4 nitrogen and oxygen atoms in total. The number of hydrogen-bond acceptors (Lipinski definition) is 3. The first-order valence-electron chi connectivity index (χ1n) is 10.7. The van der Waals surface area contributed by atoms with Crippen LogP contribution in [0, 0.1) is 5.92 Å². The van der Waals surface area contributed by atoms with Gasteiger partial charge in [0.05, 0.1) is 13.2 Å². The van der Waals surface area contributed by atoms with Crippen molar-refractivity contribution in [2.75, 3.05) is 24.4 Å². The minimum atomic E-state index is -0.000575. The van der Waals surface area contributed by atoms with Crippen molar-refractivity contribution in [3.63, 3.8) is 0 Å². The maximum Gasteiger partial charge on any atom is 0.258 e. The standard InChI is InChI=1S/C27H26N2O2/c1-29(19-9-4-3-5-10-19)27(30)18-15-16-24-23(17-18)20-12-8-13-21(20)26(28-24)22-11-6-7-14-25(22)31-2/h3-12,14-17,20-21,26,28H,13H2,1-2H3. The van der Waals surface area contributed by atoms with Crippen molar-refractivity contribution in [2.24, 2.45) is 5.92 Å². The van der Waals surface area contributed by atoms with Crippen molar-refractivity contribution < 1.29 is 9.53 Å². The van der Waals surface area contributed by atoms with E-state index in [4.69, 9.17) is 4.74 Å². The van der Waals surface area contributed by atoms with E-state index in [1.807, 2.05) is 61.6 Å². The molecule has 1 heterocycles. The number of para-hydroxylation sites is 2. The van der Waals surface area contributed by atoms with E-state index in [0.717, 1.165) is 23.5 Å². The lowest BCUT2D eigenvalue weighted by atomic mass is 9.76. The van der Waals surface area contributed by atoms with Gasteiger partial charge in [-0.25, -0.2) is 0 Å². The van der Waals surface area contributed by atoms with Crippen LogP contribution in [0.3, 0.4) is 0 Å². The van der Waals surface area contributed by atoms with Crippen LogP contribution in [0.5, 0.6) is 5.75 Å². The third-order valence-electron chi connectivity index (χ3n) is 6.53. The molecule has 3 aromatic carbocycles. The molecule has 1 N–H and O–H groups in total. The predicted molar refractivity (Wildman–Crippen MR) is 125 cm³/mol. The number of carbonyl (C=O) groups is 1. The second-order valence-electron chi connectivity index (χ2n) is 8.22. The zero-order chi connectivity index (χ0) is 21.4. The SMILES string of the molecule is COc1ccccc1C1Nc2ccc(C(=O)N(C)c3ccccc3)cc2C2C=CCC21. The molecular weight excluding hydrogens is 384 g/mol. The lowest BCUT2D eigenvalue weighted by molar-refractivity contribution is 0.0993. The minimum absolute atomic E-state index is 0.000575. The summed E-state index contributed by atoms with van der Waals surface area (Å²) in [6.07, 6.45) is 5.56. The summed E-state index contributed by atoms with van der Waals surface area (Å²) in [5.41, 5.74) is 5.05. The van der Waals surface area contributed by atoms with Crippen molar-refractivity contribution in [2.45, 2.75) is 18.4 Å². The van der Waals surface area contributed by atoms with Crippen molar-refractivity contribution in [1.29, 1.82) is 0 Å². The highest BCUT2D eigenvalue weighted by atomic mass is 16.5. The third-order valence-corrected chi connectivity index (χ3v) is 6.53. The largest absolute Gasteiger partial charge is 0.496 e. The van der Waals surface area contributed by atoms with Gasteiger partial charge in [-0.1, -0.05) is 48.6 Å². The Morgan fingerprint density at radius 3 is 2.58 bits per heavy atom. The van der Waals surface area contributed by atoms with Crippen LogP contribution in [0.15, 0.2) is 84.9 Å². The van der Waals surface area contributed by atoms with Crippen LogP contribution in [0.2, 0.25) is 0 Å². The van der Waals surface area contributed by atoms with E-state index in [1.165, 1.54) is 11.1 Å². The van der Waals surface area contributed by atoms with Crippen LogP contribution < -0.4 is 15.0 Å². The Morgan fingerprint density at radius 1 is 1.00 bits per heavy atom. The van der Waals surface area contributed by atoms with Crippen molar-refractivity contribution in [1.82, 2.24) is 0 Å². The lowest BCUT2D eigenvalue weighted by Gasteiger charge is -2.38. The Kier molecular flexibility index (Phi) is 4.99. The molecule has 5 rings (SSSR count). The lowest BCUT2D eigenvalue weighted by Crippen LogP contribution is -2.30. The maximum absolute atomic E-state index is 13.2. The minimum Gasteiger partial charge on any atom is -0.496 e. The molecule has 0 aromatic heterocycles. The quantitative estimate of drug-likeness (QED) is 0.553. The maximum atomic E-state index is 13.2. The molecule has 1 amide bonds. The summed E-state index contributed by atoms with van der Waals surface area (Å²) in [7, 11) is 3.55. The number of hydrogen-bond donors (Lipinski definition) is 1. The molecule has 0 saturated carbocycles. The molecule has 0 saturated heterocycles. The van der Waals surface area contributed by atoms with Crippen LogP contribution in [-0.4, -0.2) is 20.1 Å². The van der Waals surface area contributed by atoms with Gasteiger partial charge in [0.25, 0.3) is 5.91 Å². The zero-order valence-corrected chi connectivity index (χ0v) is 17.8. The molecule has 0 radical (unpaired) electrons. The molecule has 1 aliphatic carbocycles. The Balaban J connectivity index is 1.49. The smallest absolute Gasteiger partial charge is 0.258 e. The Bertz CT molecular complexity index is 1140. The van der Waals surface area contributed by atoms with Crippen LogP contribution in [0.1, 0.15) is 39.9 Å². The van der Waals surface area contributed by atoms with E-state index in [1.54, 1.807) is 12.0 Å². The fourth-order valence-corrected chi connectivity index (χ4v) is 4.92. The summed E-state index contributed by atoms with van der Waals surface area (Å²) in [5, 5.41) is 3.74. The van der Waals surface area contributed by atoms with Gasteiger partial charge in [0, 0.05) is 35.5 Å². The van der Waals surface area contributed by atoms with E-state index in [0.29, 0.717) is 11.5 Å². The number of rotatable bonds is 4. The van der Waals surface area contributed by atoms with Crippen molar-refractivity contribution in [3.05, 3.63) is 102 Å². The van der Waals surface area contributed by atoms with Crippen LogP contribution in [-0.2, 0) is 0 Å². The number of carbonyl (C=O) groups excluding carboxylic acids is 1. The van der Waals surface area contributed by atoms with Gasteiger partial charge in [0.1, 0.15) is 5.75 Å². The number of fused-ring (bicyclic) bond motifs is 3. The fraction of sp³-hybridized carbons (Fsp3) is 0.222. The number of allylic oxidation sites excluding steroid dienone is 2. The number of methoxy groups -OCH3 is 1. The average Bonchev–Trinajstić information content (AvgIpc) is 3.33. The molecule has 4 heteroatoms. The average molecular weight is 411 g/mol.